The molecule has 1 aliphatic carbocycles. The molecule has 1 saturated carbocycles. The van der Waals surface area contributed by atoms with Crippen molar-refractivity contribution >= 4 is 5.82 Å². The Kier molecular flexibility index (Phi) is 5.08. The number of hydrogen-bond acceptors (Lipinski definition) is 6. The second-order valence-corrected chi connectivity index (χ2v) is 6.85. The van der Waals surface area contributed by atoms with E-state index in [-0.39, 0.29) is 17.9 Å². The number of aliphatic hydroxyl groups excluding tert-OH is 1. The van der Waals surface area contributed by atoms with Crippen molar-refractivity contribution in [3.8, 4) is 0 Å². The van der Waals surface area contributed by atoms with E-state index in [0.29, 0.717) is 18.9 Å². The lowest BCUT2D eigenvalue weighted by Gasteiger charge is -2.16. The summed E-state index contributed by atoms with van der Waals surface area (Å²) in [5.74, 6) is 3.32. The highest BCUT2D eigenvalue weighted by molar-refractivity contribution is 5.35. The van der Waals surface area contributed by atoms with Crippen LogP contribution in [0.5, 0.6) is 0 Å². The maximum atomic E-state index is 10.4. The van der Waals surface area contributed by atoms with Crippen LogP contribution in [0.15, 0.2) is 12.4 Å². The molecule has 2 heterocycles. The van der Waals surface area contributed by atoms with Crippen LogP contribution in [-0.2, 0) is 6.42 Å². The van der Waals surface area contributed by atoms with Gasteiger partial charge in [0.15, 0.2) is 5.82 Å². The van der Waals surface area contributed by atoms with Gasteiger partial charge in [0.2, 0.25) is 0 Å². The predicted molar refractivity (Wildman–Crippen MR) is 91.8 cm³/mol. The van der Waals surface area contributed by atoms with Gasteiger partial charge in [0.25, 0.3) is 0 Å². The number of hydrogen-bond donors (Lipinski definition) is 3. The molecule has 0 aromatic carbocycles. The number of anilines is 1. The molecule has 3 atom stereocenters. The van der Waals surface area contributed by atoms with Crippen molar-refractivity contribution in [3.05, 3.63) is 29.7 Å². The predicted octanol–water partition coefficient (Wildman–Crippen LogP) is 2.25. The van der Waals surface area contributed by atoms with E-state index in [0.717, 1.165) is 36.0 Å². The fourth-order valence-electron chi connectivity index (χ4n) is 3.20. The zero-order valence-electron chi connectivity index (χ0n) is 14.5. The molecular weight excluding hydrogens is 304 g/mol. The van der Waals surface area contributed by atoms with Crippen LogP contribution in [0.1, 0.15) is 62.8 Å². The molecule has 0 spiro atoms. The maximum absolute atomic E-state index is 10.4. The molecule has 24 heavy (non-hydrogen) atoms. The highest BCUT2D eigenvalue weighted by atomic mass is 16.3. The van der Waals surface area contributed by atoms with Crippen molar-refractivity contribution in [3.63, 3.8) is 0 Å². The largest absolute Gasteiger partial charge is 0.393 e. The van der Waals surface area contributed by atoms with Gasteiger partial charge in [0.1, 0.15) is 18.0 Å². The molecule has 130 valence electrons. The second kappa shape index (κ2) is 7.25. The monoisotopic (exact) mass is 330 g/mol. The minimum atomic E-state index is -0.336. The molecule has 0 amide bonds. The van der Waals surface area contributed by atoms with Crippen molar-refractivity contribution in [2.75, 3.05) is 11.9 Å². The van der Waals surface area contributed by atoms with Gasteiger partial charge in [0, 0.05) is 36.6 Å². The molecule has 0 radical (unpaired) electrons. The quantitative estimate of drug-likeness (QED) is 0.751. The molecule has 0 aliphatic heterocycles. The van der Waals surface area contributed by atoms with Crippen molar-refractivity contribution in [2.45, 2.75) is 58.0 Å². The summed E-state index contributed by atoms with van der Waals surface area (Å²) in [6, 6.07) is 1.98. The normalized spacial score (nSPS) is 23.8. The van der Waals surface area contributed by atoms with Crippen LogP contribution in [0, 0.1) is 5.92 Å². The molecule has 0 bridgehead atoms. The minimum absolute atomic E-state index is 0.177. The molecule has 7 nitrogen and oxygen atoms in total. The second-order valence-electron chi connectivity index (χ2n) is 6.85. The Morgan fingerprint density at radius 2 is 2.17 bits per heavy atom. The van der Waals surface area contributed by atoms with Crippen LogP contribution in [-0.4, -0.2) is 42.9 Å². The molecule has 3 N–H and O–H groups in total. The van der Waals surface area contributed by atoms with E-state index in [4.69, 9.17) is 0 Å². The van der Waals surface area contributed by atoms with Gasteiger partial charge >= 0.3 is 0 Å². The van der Waals surface area contributed by atoms with Crippen LogP contribution < -0.4 is 5.32 Å². The van der Waals surface area contributed by atoms with Gasteiger partial charge in [-0.15, -0.1) is 0 Å². The van der Waals surface area contributed by atoms with Crippen molar-refractivity contribution in [1.29, 1.82) is 0 Å². The first-order valence-corrected chi connectivity index (χ1v) is 8.71. The van der Waals surface area contributed by atoms with Crippen LogP contribution >= 0.6 is 0 Å². The van der Waals surface area contributed by atoms with Crippen molar-refractivity contribution in [1.82, 2.24) is 25.1 Å². The Bertz CT molecular complexity index is 671. The van der Waals surface area contributed by atoms with Crippen LogP contribution in [0.4, 0.5) is 5.82 Å². The number of aryl methyl sites for hydroxylation is 1. The molecule has 1 fully saturated rings. The average Bonchev–Trinajstić information content (AvgIpc) is 3.19. The van der Waals surface area contributed by atoms with E-state index in [1.807, 2.05) is 13.0 Å². The fourth-order valence-corrected chi connectivity index (χ4v) is 3.20. The first-order chi connectivity index (χ1) is 11.6. The van der Waals surface area contributed by atoms with E-state index in [9.17, 15) is 5.11 Å². The van der Waals surface area contributed by atoms with Crippen LogP contribution in [0.3, 0.4) is 0 Å². The number of H-pyrrole nitrogens is 1. The third kappa shape index (κ3) is 3.72. The Morgan fingerprint density at radius 1 is 1.33 bits per heavy atom. The summed E-state index contributed by atoms with van der Waals surface area (Å²) < 4.78 is 0. The van der Waals surface area contributed by atoms with E-state index in [1.165, 1.54) is 0 Å². The minimum Gasteiger partial charge on any atom is -0.393 e. The van der Waals surface area contributed by atoms with Crippen LogP contribution in [0.2, 0.25) is 0 Å². The van der Waals surface area contributed by atoms with E-state index in [1.54, 1.807) is 6.33 Å². The summed E-state index contributed by atoms with van der Waals surface area (Å²) >= 11 is 0. The lowest BCUT2D eigenvalue weighted by molar-refractivity contribution is 0.137. The third-order valence-corrected chi connectivity index (χ3v) is 4.73. The molecule has 7 heteroatoms. The highest BCUT2D eigenvalue weighted by Crippen LogP contribution is 2.37. The van der Waals surface area contributed by atoms with Gasteiger partial charge in [-0.05, 0) is 18.8 Å². The smallest absolute Gasteiger partial charge is 0.153 e. The molecule has 0 saturated heterocycles. The van der Waals surface area contributed by atoms with E-state index in [2.05, 4.69) is 44.3 Å². The number of rotatable bonds is 6. The summed E-state index contributed by atoms with van der Waals surface area (Å²) in [5, 5.41) is 21.0. The summed E-state index contributed by atoms with van der Waals surface area (Å²) in [5.41, 5.74) is 1.02. The Labute approximate surface area is 142 Å². The standard InChI is InChI=1S/C17H26N6O/c1-4-15-21-17(23-22-15)11-5-12(14(24)6-11)8-18-16-7-13(10(2)3)19-9-20-16/h7,9-12,14,24H,4-6,8H2,1-3H3,(H,18,19,20)(H,21,22,23)/t11-,12+,14+/m0/s1. The van der Waals surface area contributed by atoms with Gasteiger partial charge in [-0.1, -0.05) is 20.8 Å². The van der Waals surface area contributed by atoms with E-state index < -0.39 is 0 Å². The summed E-state index contributed by atoms with van der Waals surface area (Å²) in [6.45, 7) is 6.96. The number of aliphatic hydroxyl groups is 1. The first kappa shape index (κ1) is 16.8. The maximum Gasteiger partial charge on any atom is 0.153 e. The molecule has 1 aliphatic rings. The number of aromatic nitrogens is 5. The van der Waals surface area contributed by atoms with Crippen LogP contribution in [0.25, 0.3) is 0 Å². The number of aromatic amines is 1. The number of nitrogens with one attached hydrogen (secondary N) is 2. The Morgan fingerprint density at radius 3 is 2.88 bits per heavy atom. The Hall–Kier alpha value is -2.02. The van der Waals surface area contributed by atoms with Gasteiger partial charge in [-0.25, -0.2) is 15.0 Å². The highest BCUT2D eigenvalue weighted by Gasteiger charge is 2.35. The number of nitrogens with zero attached hydrogens (tertiary/aromatic N) is 4. The average molecular weight is 330 g/mol. The lowest BCUT2D eigenvalue weighted by Crippen LogP contribution is -2.22. The van der Waals surface area contributed by atoms with Crippen molar-refractivity contribution in [2.24, 2.45) is 5.92 Å². The summed E-state index contributed by atoms with van der Waals surface area (Å²) in [7, 11) is 0. The third-order valence-electron chi connectivity index (χ3n) is 4.73. The molecule has 3 rings (SSSR count). The zero-order chi connectivity index (χ0) is 17.1. The summed E-state index contributed by atoms with van der Waals surface area (Å²) in [6.07, 6.45) is 3.70. The first-order valence-electron chi connectivity index (χ1n) is 8.71. The molecular formula is C17H26N6O. The van der Waals surface area contributed by atoms with Gasteiger partial charge in [-0.3, -0.25) is 5.10 Å². The molecule has 2 aromatic rings. The topological polar surface area (TPSA) is 99.6 Å². The van der Waals surface area contributed by atoms with Gasteiger partial charge in [0.05, 0.1) is 6.10 Å². The SMILES string of the molecule is CCc1nc([C@H]2C[C@H](CNc3cc(C(C)C)ncn3)[C@H](O)C2)n[nH]1. The molecule has 0 unspecified atom stereocenters. The lowest BCUT2D eigenvalue weighted by atomic mass is 10.0. The van der Waals surface area contributed by atoms with E-state index >= 15 is 0 Å². The Balaban J connectivity index is 1.59. The fraction of sp³-hybridized carbons (Fsp3) is 0.647. The van der Waals surface area contributed by atoms with Gasteiger partial charge in [-0.2, -0.15) is 5.10 Å². The van der Waals surface area contributed by atoms with Gasteiger partial charge < -0.3 is 10.4 Å². The zero-order valence-corrected chi connectivity index (χ0v) is 14.5. The summed E-state index contributed by atoms with van der Waals surface area (Å²) in [4.78, 5) is 13.1. The van der Waals surface area contributed by atoms with Crippen molar-refractivity contribution < 1.29 is 5.11 Å². The molecule has 2 aromatic heterocycles.